The minimum absolute atomic E-state index is 0.202. The molecule has 0 bridgehead atoms. The molecule has 2 amide bonds. The minimum Gasteiger partial charge on any atom is -0.497 e. The van der Waals surface area contributed by atoms with E-state index in [1.807, 2.05) is 45.0 Å². The van der Waals surface area contributed by atoms with E-state index in [-0.39, 0.29) is 11.8 Å². The fourth-order valence-corrected chi connectivity index (χ4v) is 3.39. The number of piperidine rings is 1. The van der Waals surface area contributed by atoms with Gasteiger partial charge >= 0.3 is 0 Å². The van der Waals surface area contributed by atoms with Crippen LogP contribution in [0.4, 0.5) is 0 Å². The largest absolute Gasteiger partial charge is 0.497 e. The molecule has 1 aromatic carbocycles. The molecule has 1 unspecified atom stereocenters. The molecule has 1 aromatic rings. The van der Waals surface area contributed by atoms with Crippen LogP contribution in [-0.2, 0) is 15.0 Å². The molecule has 1 aliphatic heterocycles. The zero-order valence-electron chi connectivity index (χ0n) is 12.4. The van der Waals surface area contributed by atoms with Gasteiger partial charge in [0.15, 0.2) is 0 Å². The summed E-state index contributed by atoms with van der Waals surface area (Å²) in [7, 11) is 1.60. The highest BCUT2D eigenvalue weighted by atomic mass is 16.5. The van der Waals surface area contributed by atoms with Gasteiger partial charge in [-0.3, -0.25) is 14.9 Å². The zero-order valence-corrected chi connectivity index (χ0v) is 12.4. The Morgan fingerprint density at radius 1 is 1.30 bits per heavy atom. The van der Waals surface area contributed by atoms with Gasteiger partial charge in [0, 0.05) is 6.42 Å². The number of imide groups is 1. The topological polar surface area (TPSA) is 55.4 Å². The monoisotopic (exact) mass is 275 g/mol. The normalized spacial score (nSPS) is 25.2. The van der Waals surface area contributed by atoms with Crippen LogP contribution < -0.4 is 10.1 Å². The van der Waals surface area contributed by atoms with Crippen molar-refractivity contribution in [3.05, 3.63) is 29.8 Å². The number of ether oxygens (including phenoxy) is 1. The Morgan fingerprint density at radius 3 is 2.55 bits per heavy atom. The van der Waals surface area contributed by atoms with Crippen LogP contribution >= 0.6 is 0 Å². The van der Waals surface area contributed by atoms with E-state index in [0.29, 0.717) is 12.8 Å². The van der Waals surface area contributed by atoms with Gasteiger partial charge in [0.05, 0.1) is 12.5 Å². The van der Waals surface area contributed by atoms with Crippen LogP contribution in [-0.4, -0.2) is 18.9 Å². The quantitative estimate of drug-likeness (QED) is 0.862. The molecule has 0 saturated carbocycles. The molecule has 1 fully saturated rings. The van der Waals surface area contributed by atoms with Crippen molar-refractivity contribution >= 4 is 11.8 Å². The summed E-state index contributed by atoms with van der Waals surface area (Å²) in [6.45, 7) is 5.94. The molecule has 4 nitrogen and oxygen atoms in total. The van der Waals surface area contributed by atoms with Crippen LogP contribution in [0.25, 0.3) is 0 Å². The lowest BCUT2D eigenvalue weighted by molar-refractivity contribution is -0.145. The molecule has 0 radical (unpaired) electrons. The molecular formula is C16H21NO3. The van der Waals surface area contributed by atoms with Crippen LogP contribution in [0, 0.1) is 5.41 Å². The van der Waals surface area contributed by atoms with Crippen molar-refractivity contribution in [3.63, 3.8) is 0 Å². The minimum atomic E-state index is -0.713. The maximum Gasteiger partial charge on any atom is 0.237 e. The number of amides is 2. The Labute approximate surface area is 119 Å². The standard InChI is InChI=1S/C16H21NO3/c1-5-16(11-7-6-8-12(9-11)20-4)14(19)17-13(18)10-15(16,2)3/h6-9H,5,10H2,1-4H3,(H,17,18,19). The van der Waals surface area contributed by atoms with Gasteiger partial charge in [0.25, 0.3) is 0 Å². The Balaban J connectivity index is 2.61. The third-order valence-electron chi connectivity index (χ3n) is 4.49. The van der Waals surface area contributed by atoms with Crippen molar-refractivity contribution in [2.45, 2.75) is 39.0 Å². The van der Waals surface area contributed by atoms with Crippen LogP contribution in [0.3, 0.4) is 0 Å². The molecule has 1 atom stereocenters. The molecule has 0 aliphatic carbocycles. The van der Waals surface area contributed by atoms with Crippen molar-refractivity contribution in [1.82, 2.24) is 5.32 Å². The van der Waals surface area contributed by atoms with Gasteiger partial charge in [-0.2, -0.15) is 0 Å². The van der Waals surface area contributed by atoms with Crippen molar-refractivity contribution in [3.8, 4) is 5.75 Å². The van der Waals surface area contributed by atoms with Gasteiger partial charge in [-0.25, -0.2) is 0 Å². The lowest BCUT2D eigenvalue weighted by atomic mass is 9.56. The molecular weight excluding hydrogens is 254 g/mol. The summed E-state index contributed by atoms with van der Waals surface area (Å²) >= 11 is 0. The number of carbonyl (C=O) groups excluding carboxylic acids is 2. The van der Waals surface area contributed by atoms with E-state index in [4.69, 9.17) is 4.74 Å². The van der Waals surface area contributed by atoms with E-state index in [1.165, 1.54) is 0 Å². The van der Waals surface area contributed by atoms with Crippen molar-refractivity contribution in [2.24, 2.45) is 5.41 Å². The highest BCUT2D eigenvalue weighted by Crippen LogP contribution is 2.49. The fourth-order valence-electron chi connectivity index (χ4n) is 3.39. The fraction of sp³-hybridized carbons (Fsp3) is 0.500. The number of methoxy groups -OCH3 is 1. The predicted molar refractivity (Wildman–Crippen MR) is 76.5 cm³/mol. The van der Waals surface area contributed by atoms with Gasteiger partial charge in [-0.15, -0.1) is 0 Å². The van der Waals surface area contributed by atoms with Gasteiger partial charge < -0.3 is 4.74 Å². The number of carbonyl (C=O) groups is 2. The SMILES string of the molecule is CCC1(c2cccc(OC)c2)C(=O)NC(=O)CC1(C)C. The van der Waals surface area contributed by atoms with Crippen molar-refractivity contribution in [1.29, 1.82) is 0 Å². The Bertz CT molecular complexity index is 550. The zero-order chi connectivity index (χ0) is 15.0. The van der Waals surface area contributed by atoms with E-state index in [9.17, 15) is 9.59 Å². The predicted octanol–water partition coefficient (Wildman–Crippen LogP) is 2.42. The number of rotatable bonds is 3. The van der Waals surface area contributed by atoms with Gasteiger partial charge in [-0.1, -0.05) is 32.9 Å². The lowest BCUT2D eigenvalue weighted by Crippen LogP contribution is -2.60. The summed E-state index contributed by atoms with van der Waals surface area (Å²) in [5, 5.41) is 2.49. The highest BCUT2D eigenvalue weighted by molar-refractivity contribution is 6.04. The van der Waals surface area contributed by atoms with Gasteiger partial charge in [0.1, 0.15) is 5.75 Å². The van der Waals surface area contributed by atoms with Crippen molar-refractivity contribution in [2.75, 3.05) is 7.11 Å². The summed E-state index contributed by atoms with van der Waals surface area (Å²) in [6, 6.07) is 7.56. The van der Waals surface area contributed by atoms with Gasteiger partial charge in [-0.05, 0) is 29.5 Å². The van der Waals surface area contributed by atoms with Crippen LogP contribution in [0.15, 0.2) is 24.3 Å². The van der Waals surface area contributed by atoms with E-state index in [1.54, 1.807) is 7.11 Å². The smallest absolute Gasteiger partial charge is 0.237 e. The Hall–Kier alpha value is -1.84. The number of hydrogen-bond acceptors (Lipinski definition) is 3. The van der Waals surface area contributed by atoms with E-state index in [0.717, 1.165) is 11.3 Å². The Kier molecular flexibility index (Phi) is 3.59. The molecule has 1 N–H and O–H groups in total. The molecule has 0 spiro atoms. The Morgan fingerprint density at radius 2 is 2.00 bits per heavy atom. The maximum atomic E-state index is 12.6. The molecule has 1 saturated heterocycles. The molecule has 4 heteroatoms. The van der Waals surface area contributed by atoms with E-state index < -0.39 is 10.8 Å². The second-order valence-corrected chi connectivity index (χ2v) is 5.93. The number of hydrogen-bond donors (Lipinski definition) is 1. The van der Waals surface area contributed by atoms with Crippen LogP contribution in [0.1, 0.15) is 39.2 Å². The van der Waals surface area contributed by atoms with E-state index >= 15 is 0 Å². The van der Waals surface area contributed by atoms with Crippen LogP contribution in [0.5, 0.6) is 5.75 Å². The third-order valence-corrected chi connectivity index (χ3v) is 4.49. The summed E-state index contributed by atoms with van der Waals surface area (Å²) < 4.78 is 5.26. The molecule has 1 heterocycles. The summed E-state index contributed by atoms with van der Waals surface area (Å²) in [4.78, 5) is 24.3. The number of nitrogens with one attached hydrogen (secondary N) is 1. The molecule has 108 valence electrons. The number of benzene rings is 1. The average Bonchev–Trinajstić information content (AvgIpc) is 2.38. The third kappa shape index (κ3) is 1.99. The van der Waals surface area contributed by atoms with Gasteiger partial charge in [0.2, 0.25) is 11.8 Å². The van der Waals surface area contributed by atoms with E-state index in [2.05, 4.69) is 5.32 Å². The second-order valence-electron chi connectivity index (χ2n) is 5.93. The van der Waals surface area contributed by atoms with Crippen LogP contribution in [0.2, 0.25) is 0 Å². The lowest BCUT2D eigenvalue weighted by Gasteiger charge is -2.48. The average molecular weight is 275 g/mol. The highest BCUT2D eigenvalue weighted by Gasteiger charge is 2.55. The second kappa shape index (κ2) is 4.93. The first kappa shape index (κ1) is 14.6. The first-order valence-electron chi connectivity index (χ1n) is 6.86. The van der Waals surface area contributed by atoms with Crippen molar-refractivity contribution < 1.29 is 14.3 Å². The first-order valence-corrected chi connectivity index (χ1v) is 6.86. The summed E-state index contributed by atoms with van der Waals surface area (Å²) in [5.41, 5.74) is -0.252. The first-order chi connectivity index (χ1) is 9.37. The summed E-state index contributed by atoms with van der Waals surface area (Å²) in [6.07, 6.45) is 0.968. The molecule has 1 aliphatic rings. The maximum absolute atomic E-state index is 12.6. The molecule has 0 aromatic heterocycles. The molecule has 2 rings (SSSR count). The summed E-state index contributed by atoms with van der Waals surface area (Å²) in [5.74, 6) is 0.303. The molecule has 20 heavy (non-hydrogen) atoms.